The van der Waals surface area contributed by atoms with Crippen molar-refractivity contribution in [2.24, 2.45) is 5.73 Å². The normalized spacial score (nSPS) is 9.08. The zero-order valence-corrected chi connectivity index (χ0v) is 8.64. The molecule has 1 aromatic carbocycles. The van der Waals surface area contributed by atoms with Gasteiger partial charge >= 0.3 is 0 Å². The second-order valence-corrected chi connectivity index (χ2v) is 2.76. The molecule has 0 unspecified atom stereocenters. The first-order valence-electron chi connectivity index (χ1n) is 4.23. The van der Waals surface area contributed by atoms with Gasteiger partial charge in [0.05, 0.1) is 6.61 Å². The standard InChI is InChI=1S/C10H15NO.ClH/c1-9-5-2-3-6-10(9)12-8-4-7-11;/h2-3,5-6H,4,7-8,11H2,1H3;1H. The van der Waals surface area contributed by atoms with Crippen LogP contribution in [-0.2, 0) is 0 Å². The first-order valence-corrected chi connectivity index (χ1v) is 4.23. The molecular formula is C10H16ClNO. The van der Waals surface area contributed by atoms with Crippen molar-refractivity contribution in [1.29, 1.82) is 0 Å². The highest BCUT2D eigenvalue weighted by Gasteiger charge is 1.95. The maximum absolute atomic E-state index is 5.50. The highest BCUT2D eigenvalue weighted by atomic mass is 35.5. The minimum Gasteiger partial charge on any atom is -0.493 e. The average Bonchev–Trinajstić information content (AvgIpc) is 2.09. The zero-order valence-electron chi connectivity index (χ0n) is 7.82. The molecule has 0 aliphatic carbocycles. The summed E-state index contributed by atoms with van der Waals surface area (Å²) in [6.45, 7) is 3.44. The van der Waals surface area contributed by atoms with Gasteiger partial charge in [-0.05, 0) is 31.5 Å². The predicted molar refractivity (Wildman–Crippen MR) is 57.6 cm³/mol. The molecule has 0 amide bonds. The topological polar surface area (TPSA) is 35.2 Å². The summed E-state index contributed by atoms with van der Waals surface area (Å²) >= 11 is 0. The number of rotatable bonds is 4. The van der Waals surface area contributed by atoms with Crippen LogP contribution in [0.2, 0.25) is 0 Å². The van der Waals surface area contributed by atoms with Crippen LogP contribution in [0.5, 0.6) is 5.75 Å². The Morgan fingerprint density at radius 2 is 2.00 bits per heavy atom. The molecule has 74 valence electrons. The van der Waals surface area contributed by atoms with Crippen LogP contribution in [0.25, 0.3) is 0 Å². The van der Waals surface area contributed by atoms with E-state index in [0.29, 0.717) is 13.2 Å². The number of para-hydroxylation sites is 1. The Labute approximate surface area is 85.5 Å². The van der Waals surface area contributed by atoms with E-state index in [1.54, 1.807) is 0 Å². The van der Waals surface area contributed by atoms with Crippen LogP contribution < -0.4 is 10.5 Å². The van der Waals surface area contributed by atoms with E-state index in [1.807, 2.05) is 31.2 Å². The highest BCUT2D eigenvalue weighted by Crippen LogP contribution is 2.15. The van der Waals surface area contributed by atoms with Crippen molar-refractivity contribution in [2.45, 2.75) is 13.3 Å². The van der Waals surface area contributed by atoms with Crippen LogP contribution in [0.15, 0.2) is 24.3 Å². The molecule has 1 rings (SSSR count). The van der Waals surface area contributed by atoms with Gasteiger partial charge in [-0.2, -0.15) is 0 Å². The van der Waals surface area contributed by atoms with Gasteiger partial charge < -0.3 is 10.5 Å². The lowest BCUT2D eigenvalue weighted by atomic mass is 10.2. The van der Waals surface area contributed by atoms with Crippen molar-refractivity contribution in [3.05, 3.63) is 29.8 Å². The van der Waals surface area contributed by atoms with E-state index in [-0.39, 0.29) is 12.4 Å². The lowest BCUT2D eigenvalue weighted by Crippen LogP contribution is -2.06. The van der Waals surface area contributed by atoms with E-state index >= 15 is 0 Å². The van der Waals surface area contributed by atoms with Gasteiger partial charge in [0.15, 0.2) is 0 Å². The van der Waals surface area contributed by atoms with Crippen molar-refractivity contribution in [3.8, 4) is 5.75 Å². The second-order valence-electron chi connectivity index (χ2n) is 2.76. The molecule has 0 fully saturated rings. The Balaban J connectivity index is 0.00000144. The van der Waals surface area contributed by atoms with Gasteiger partial charge in [-0.3, -0.25) is 0 Å². The molecule has 2 N–H and O–H groups in total. The molecule has 0 heterocycles. The lowest BCUT2D eigenvalue weighted by Gasteiger charge is -2.07. The fourth-order valence-electron chi connectivity index (χ4n) is 0.984. The number of nitrogens with two attached hydrogens (primary N) is 1. The molecule has 0 saturated heterocycles. The van der Waals surface area contributed by atoms with E-state index in [1.165, 1.54) is 5.56 Å². The van der Waals surface area contributed by atoms with E-state index in [9.17, 15) is 0 Å². The van der Waals surface area contributed by atoms with E-state index in [4.69, 9.17) is 10.5 Å². The van der Waals surface area contributed by atoms with Gasteiger partial charge in [-0.1, -0.05) is 18.2 Å². The molecule has 0 radical (unpaired) electrons. The van der Waals surface area contributed by atoms with E-state index in [2.05, 4.69) is 0 Å². The first-order chi connectivity index (χ1) is 5.84. The number of hydrogen-bond acceptors (Lipinski definition) is 2. The van der Waals surface area contributed by atoms with E-state index in [0.717, 1.165) is 12.2 Å². The number of halogens is 1. The van der Waals surface area contributed by atoms with Crippen molar-refractivity contribution in [1.82, 2.24) is 0 Å². The number of aryl methyl sites for hydroxylation is 1. The quantitative estimate of drug-likeness (QED) is 0.758. The summed E-state index contributed by atoms with van der Waals surface area (Å²) in [5.41, 5.74) is 6.53. The van der Waals surface area contributed by atoms with Gasteiger partial charge in [0.2, 0.25) is 0 Å². The molecule has 0 aliphatic rings. The molecule has 0 aliphatic heterocycles. The molecule has 0 saturated carbocycles. The molecule has 0 aromatic heterocycles. The SMILES string of the molecule is Cc1ccccc1OCCCN.Cl. The van der Waals surface area contributed by atoms with Crippen LogP contribution >= 0.6 is 12.4 Å². The van der Waals surface area contributed by atoms with Gasteiger partial charge in [-0.25, -0.2) is 0 Å². The molecule has 13 heavy (non-hydrogen) atoms. The minimum atomic E-state index is 0. The molecule has 3 heteroatoms. The van der Waals surface area contributed by atoms with Crippen LogP contribution in [0.1, 0.15) is 12.0 Å². The highest BCUT2D eigenvalue weighted by molar-refractivity contribution is 5.85. The Kier molecular flexibility index (Phi) is 6.37. The summed E-state index contributed by atoms with van der Waals surface area (Å²) < 4.78 is 5.50. The van der Waals surface area contributed by atoms with Gasteiger partial charge in [-0.15, -0.1) is 12.4 Å². The van der Waals surface area contributed by atoms with Crippen molar-refractivity contribution in [2.75, 3.05) is 13.2 Å². The van der Waals surface area contributed by atoms with Crippen molar-refractivity contribution >= 4 is 12.4 Å². The Hall–Kier alpha value is -0.730. The number of ether oxygens (including phenoxy) is 1. The smallest absolute Gasteiger partial charge is 0.122 e. The molecule has 1 aromatic rings. The maximum Gasteiger partial charge on any atom is 0.122 e. The van der Waals surface area contributed by atoms with Gasteiger partial charge in [0, 0.05) is 0 Å². The second kappa shape index (κ2) is 6.75. The third-order valence-corrected chi connectivity index (χ3v) is 1.70. The lowest BCUT2D eigenvalue weighted by molar-refractivity contribution is 0.311. The minimum absolute atomic E-state index is 0. The van der Waals surface area contributed by atoms with Crippen LogP contribution in [-0.4, -0.2) is 13.2 Å². The van der Waals surface area contributed by atoms with E-state index < -0.39 is 0 Å². The largest absolute Gasteiger partial charge is 0.493 e. The van der Waals surface area contributed by atoms with Crippen LogP contribution in [0.3, 0.4) is 0 Å². The zero-order chi connectivity index (χ0) is 8.81. The van der Waals surface area contributed by atoms with Gasteiger partial charge in [0.25, 0.3) is 0 Å². The molecule has 2 nitrogen and oxygen atoms in total. The third kappa shape index (κ3) is 4.15. The summed E-state index contributed by atoms with van der Waals surface area (Å²) in [5, 5.41) is 0. The van der Waals surface area contributed by atoms with Crippen LogP contribution in [0, 0.1) is 6.92 Å². The fraction of sp³-hybridized carbons (Fsp3) is 0.400. The van der Waals surface area contributed by atoms with Crippen LogP contribution in [0.4, 0.5) is 0 Å². The summed E-state index contributed by atoms with van der Waals surface area (Å²) in [6, 6.07) is 8.00. The third-order valence-electron chi connectivity index (χ3n) is 1.70. The fourth-order valence-corrected chi connectivity index (χ4v) is 0.984. The van der Waals surface area contributed by atoms with Crippen molar-refractivity contribution < 1.29 is 4.74 Å². The first kappa shape index (κ1) is 12.3. The summed E-state index contributed by atoms with van der Waals surface area (Å²) in [6.07, 6.45) is 0.911. The summed E-state index contributed by atoms with van der Waals surface area (Å²) in [5.74, 6) is 0.964. The molecule has 0 bridgehead atoms. The Morgan fingerprint density at radius 1 is 1.31 bits per heavy atom. The average molecular weight is 202 g/mol. The monoisotopic (exact) mass is 201 g/mol. The Morgan fingerprint density at radius 3 is 2.62 bits per heavy atom. The number of hydrogen-bond donors (Lipinski definition) is 1. The maximum atomic E-state index is 5.50. The van der Waals surface area contributed by atoms with Gasteiger partial charge in [0.1, 0.15) is 5.75 Å². The number of benzene rings is 1. The summed E-state index contributed by atoms with van der Waals surface area (Å²) in [7, 11) is 0. The summed E-state index contributed by atoms with van der Waals surface area (Å²) in [4.78, 5) is 0. The molecular weight excluding hydrogens is 186 g/mol. The predicted octanol–water partition coefficient (Wildman–Crippen LogP) is 2.14. The Bertz CT molecular complexity index is 240. The van der Waals surface area contributed by atoms with Crippen molar-refractivity contribution in [3.63, 3.8) is 0 Å². The molecule has 0 atom stereocenters. The molecule has 0 spiro atoms.